The summed E-state index contributed by atoms with van der Waals surface area (Å²) in [5.74, 6) is -1.88. The molecule has 2 heterocycles. The summed E-state index contributed by atoms with van der Waals surface area (Å²) < 4.78 is 5.96. The van der Waals surface area contributed by atoms with Gasteiger partial charge in [0.15, 0.2) is 0 Å². The van der Waals surface area contributed by atoms with Crippen LogP contribution in [0.4, 0.5) is 5.69 Å². The number of carbonyl (C=O) groups is 2. The zero-order chi connectivity index (χ0) is 20.3. The van der Waals surface area contributed by atoms with E-state index in [0.717, 1.165) is 22.9 Å². The summed E-state index contributed by atoms with van der Waals surface area (Å²) in [6, 6.07) is 5.53. The summed E-state index contributed by atoms with van der Waals surface area (Å²) in [4.78, 5) is 22.8. The van der Waals surface area contributed by atoms with E-state index in [2.05, 4.69) is 5.32 Å². The SMILES string of the molecule is CC1(C(=CC(=O)O)C(=O)O)CCc2c(Cl)ccc(OCc3ccsc3)c2NC1. The van der Waals surface area contributed by atoms with Crippen molar-refractivity contribution < 1.29 is 24.5 Å². The molecule has 1 atom stereocenters. The molecule has 3 N–H and O–H groups in total. The Morgan fingerprint density at radius 3 is 2.79 bits per heavy atom. The number of benzene rings is 1. The van der Waals surface area contributed by atoms with Crippen LogP contribution in [0.3, 0.4) is 0 Å². The molecular formula is C20H20ClNO5S. The molecule has 0 radical (unpaired) electrons. The number of hydrogen-bond donors (Lipinski definition) is 3. The number of rotatable bonds is 6. The van der Waals surface area contributed by atoms with Crippen LogP contribution in [-0.2, 0) is 22.6 Å². The highest BCUT2D eigenvalue weighted by Gasteiger charge is 2.37. The summed E-state index contributed by atoms with van der Waals surface area (Å²) in [6.07, 6.45) is 1.71. The van der Waals surface area contributed by atoms with Crippen LogP contribution in [0.5, 0.6) is 5.75 Å². The summed E-state index contributed by atoms with van der Waals surface area (Å²) in [6.45, 7) is 2.41. The molecule has 28 heavy (non-hydrogen) atoms. The molecule has 1 aliphatic heterocycles. The quantitative estimate of drug-likeness (QED) is 0.597. The Hall–Kier alpha value is -2.51. The molecular weight excluding hydrogens is 402 g/mol. The molecule has 1 unspecified atom stereocenters. The molecule has 2 aromatic rings. The van der Waals surface area contributed by atoms with Crippen molar-refractivity contribution in [2.75, 3.05) is 11.9 Å². The number of hydrogen-bond acceptors (Lipinski definition) is 5. The number of fused-ring (bicyclic) bond motifs is 1. The van der Waals surface area contributed by atoms with Crippen LogP contribution < -0.4 is 10.1 Å². The number of thiophene rings is 1. The van der Waals surface area contributed by atoms with Gasteiger partial charge in [0.05, 0.1) is 11.3 Å². The van der Waals surface area contributed by atoms with Gasteiger partial charge in [-0.3, -0.25) is 0 Å². The van der Waals surface area contributed by atoms with Crippen LogP contribution in [0.2, 0.25) is 5.02 Å². The van der Waals surface area contributed by atoms with E-state index >= 15 is 0 Å². The third kappa shape index (κ3) is 4.31. The van der Waals surface area contributed by atoms with Crippen LogP contribution in [0, 0.1) is 5.41 Å². The lowest BCUT2D eigenvalue weighted by molar-refractivity contribution is -0.136. The van der Waals surface area contributed by atoms with Crippen molar-refractivity contribution in [3.63, 3.8) is 0 Å². The lowest BCUT2D eigenvalue weighted by Crippen LogP contribution is -2.32. The minimum Gasteiger partial charge on any atom is -0.487 e. The predicted octanol–water partition coefficient (Wildman–Crippen LogP) is 4.44. The molecule has 8 heteroatoms. The Labute approximate surface area is 171 Å². The van der Waals surface area contributed by atoms with Crippen molar-refractivity contribution in [3.05, 3.63) is 56.8 Å². The van der Waals surface area contributed by atoms with E-state index in [4.69, 9.17) is 21.4 Å². The molecule has 1 aromatic carbocycles. The monoisotopic (exact) mass is 421 g/mol. The van der Waals surface area contributed by atoms with Gasteiger partial charge in [0.1, 0.15) is 12.4 Å². The minimum atomic E-state index is -1.28. The van der Waals surface area contributed by atoms with E-state index in [0.29, 0.717) is 30.2 Å². The van der Waals surface area contributed by atoms with E-state index < -0.39 is 17.4 Å². The number of carboxylic acid groups (broad SMARTS) is 2. The summed E-state index contributed by atoms with van der Waals surface area (Å²) in [7, 11) is 0. The molecule has 1 aromatic heterocycles. The first-order chi connectivity index (χ1) is 13.3. The van der Waals surface area contributed by atoms with Crippen molar-refractivity contribution in [2.24, 2.45) is 5.41 Å². The van der Waals surface area contributed by atoms with Gasteiger partial charge in [0, 0.05) is 23.1 Å². The van der Waals surface area contributed by atoms with Gasteiger partial charge < -0.3 is 20.3 Å². The molecule has 6 nitrogen and oxygen atoms in total. The number of halogens is 1. The first-order valence-corrected chi connectivity index (χ1v) is 10.00. The number of carboxylic acids is 2. The van der Waals surface area contributed by atoms with Crippen LogP contribution in [0.15, 0.2) is 40.6 Å². The molecule has 0 aliphatic carbocycles. The Bertz CT molecular complexity index is 925. The van der Waals surface area contributed by atoms with E-state index in [-0.39, 0.29) is 12.1 Å². The van der Waals surface area contributed by atoms with E-state index in [1.54, 1.807) is 30.4 Å². The average molecular weight is 422 g/mol. The maximum absolute atomic E-state index is 11.7. The van der Waals surface area contributed by atoms with Crippen LogP contribution in [-0.4, -0.2) is 28.7 Å². The molecule has 0 spiro atoms. The molecule has 0 saturated heterocycles. The summed E-state index contributed by atoms with van der Waals surface area (Å²) >= 11 is 7.98. The standard InChI is InChI=1S/C20H20ClNO5S/c1-20(14(19(25)26)8-17(23)24)6-4-13-15(21)2-3-16(18(13)22-11-20)27-9-12-5-7-28-10-12/h2-3,5,7-8,10,22H,4,6,9,11H2,1H3,(H,23,24)(H,25,26). The Balaban J connectivity index is 1.89. The topological polar surface area (TPSA) is 95.9 Å². The van der Waals surface area contributed by atoms with E-state index in [9.17, 15) is 14.7 Å². The van der Waals surface area contributed by atoms with Gasteiger partial charge in [0.25, 0.3) is 0 Å². The van der Waals surface area contributed by atoms with Crippen LogP contribution in [0.1, 0.15) is 24.5 Å². The average Bonchev–Trinajstić information content (AvgIpc) is 3.09. The lowest BCUT2D eigenvalue weighted by atomic mass is 9.77. The van der Waals surface area contributed by atoms with Gasteiger partial charge >= 0.3 is 11.9 Å². The van der Waals surface area contributed by atoms with Crippen molar-refractivity contribution in [3.8, 4) is 5.75 Å². The molecule has 0 bridgehead atoms. The number of ether oxygens (including phenoxy) is 1. The van der Waals surface area contributed by atoms with E-state index in [1.165, 1.54) is 0 Å². The van der Waals surface area contributed by atoms with Crippen molar-refractivity contribution in [1.82, 2.24) is 0 Å². The van der Waals surface area contributed by atoms with Gasteiger partial charge in [-0.05, 0) is 52.9 Å². The fourth-order valence-electron chi connectivity index (χ4n) is 3.32. The zero-order valence-corrected chi connectivity index (χ0v) is 16.8. The molecule has 0 fully saturated rings. The molecule has 3 rings (SSSR count). The molecule has 0 amide bonds. The molecule has 1 aliphatic rings. The Kier molecular flexibility index (Phi) is 5.96. The fourth-order valence-corrected chi connectivity index (χ4v) is 4.22. The maximum Gasteiger partial charge on any atom is 0.332 e. The highest BCUT2D eigenvalue weighted by molar-refractivity contribution is 7.07. The smallest absolute Gasteiger partial charge is 0.332 e. The van der Waals surface area contributed by atoms with Gasteiger partial charge in [-0.1, -0.05) is 18.5 Å². The predicted molar refractivity (Wildman–Crippen MR) is 108 cm³/mol. The highest BCUT2D eigenvalue weighted by Crippen LogP contribution is 2.43. The summed E-state index contributed by atoms with van der Waals surface area (Å²) in [5.41, 5.74) is 1.61. The van der Waals surface area contributed by atoms with Crippen molar-refractivity contribution in [2.45, 2.75) is 26.4 Å². The number of anilines is 1. The van der Waals surface area contributed by atoms with Crippen molar-refractivity contribution >= 4 is 40.6 Å². The van der Waals surface area contributed by atoms with E-state index in [1.807, 2.05) is 16.8 Å². The van der Waals surface area contributed by atoms with Crippen molar-refractivity contribution in [1.29, 1.82) is 0 Å². The van der Waals surface area contributed by atoms with Gasteiger partial charge in [-0.2, -0.15) is 11.3 Å². The second-order valence-electron chi connectivity index (χ2n) is 6.93. The third-order valence-corrected chi connectivity index (χ3v) is 6.01. The number of aliphatic carboxylic acids is 2. The fraction of sp³-hybridized carbons (Fsp3) is 0.300. The second-order valence-corrected chi connectivity index (χ2v) is 8.12. The third-order valence-electron chi connectivity index (χ3n) is 4.92. The second kappa shape index (κ2) is 8.24. The van der Waals surface area contributed by atoms with Gasteiger partial charge in [0.2, 0.25) is 0 Å². The first-order valence-electron chi connectivity index (χ1n) is 8.68. The number of nitrogens with one attached hydrogen (secondary N) is 1. The summed E-state index contributed by atoms with van der Waals surface area (Å²) in [5, 5.41) is 26.4. The van der Waals surface area contributed by atoms with Gasteiger partial charge in [-0.15, -0.1) is 0 Å². The Morgan fingerprint density at radius 1 is 1.36 bits per heavy atom. The first kappa shape index (κ1) is 20.2. The van der Waals surface area contributed by atoms with Crippen LogP contribution >= 0.6 is 22.9 Å². The zero-order valence-electron chi connectivity index (χ0n) is 15.2. The maximum atomic E-state index is 11.7. The normalized spacial score (nSPS) is 19.3. The molecule has 0 saturated carbocycles. The Morgan fingerprint density at radius 2 is 2.14 bits per heavy atom. The molecule has 148 valence electrons. The minimum absolute atomic E-state index is 0.142. The van der Waals surface area contributed by atoms with Crippen LogP contribution in [0.25, 0.3) is 0 Å². The highest BCUT2D eigenvalue weighted by atomic mass is 35.5. The largest absolute Gasteiger partial charge is 0.487 e. The van der Waals surface area contributed by atoms with Gasteiger partial charge in [-0.25, -0.2) is 9.59 Å². The lowest BCUT2D eigenvalue weighted by Gasteiger charge is -2.28.